The molecule has 3 heteroatoms. The van der Waals surface area contributed by atoms with Crippen LogP contribution in [0.15, 0.2) is 0 Å². The molecule has 1 rings (SSSR count). The van der Waals surface area contributed by atoms with Gasteiger partial charge >= 0.3 is 5.97 Å². The Morgan fingerprint density at radius 1 is 1.38 bits per heavy atom. The lowest BCUT2D eigenvalue weighted by atomic mass is 9.86. The van der Waals surface area contributed by atoms with Crippen molar-refractivity contribution < 1.29 is 9.53 Å². The van der Waals surface area contributed by atoms with Gasteiger partial charge in [0, 0.05) is 0 Å². The second-order valence-electron chi connectivity index (χ2n) is 4.05. The molecule has 0 heterocycles. The molecule has 1 aliphatic rings. The smallest absolute Gasteiger partial charge is 0.324 e. The maximum atomic E-state index is 11.3. The average molecular weight is 205 g/mol. The summed E-state index contributed by atoms with van der Waals surface area (Å²) in [6.45, 7) is 3.65. The topological polar surface area (TPSA) is 26.3 Å². The Kier molecular flexibility index (Phi) is 3.60. The van der Waals surface area contributed by atoms with Crippen LogP contribution in [0.25, 0.3) is 0 Å². The van der Waals surface area contributed by atoms with Crippen molar-refractivity contribution in [2.24, 2.45) is 0 Å². The second-order valence-corrected chi connectivity index (χ2v) is 4.70. The highest BCUT2D eigenvalue weighted by atomic mass is 35.5. The largest absolute Gasteiger partial charge is 0.458 e. The summed E-state index contributed by atoms with van der Waals surface area (Å²) in [5, 5.41) is -0.529. The van der Waals surface area contributed by atoms with Crippen LogP contribution in [-0.4, -0.2) is 16.9 Å². The van der Waals surface area contributed by atoms with Gasteiger partial charge < -0.3 is 4.74 Å². The molecular weight excluding hydrogens is 188 g/mol. The molecule has 0 aromatic carbocycles. The first-order valence-electron chi connectivity index (χ1n) is 4.90. The Labute approximate surface area is 84.6 Å². The van der Waals surface area contributed by atoms with E-state index in [-0.39, 0.29) is 11.6 Å². The van der Waals surface area contributed by atoms with Gasteiger partial charge in [0.2, 0.25) is 0 Å². The number of alkyl halides is 1. The fraction of sp³-hybridized carbons (Fsp3) is 0.900. The molecule has 1 saturated carbocycles. The van der Waals surface area contributed by atoms with Crippen molar-refractivity contribution in [2.75, 3.05) is 0 Å². The normalized spacial score (nSPS) is 23.6. The quantitative estimate of drug-likeness (QED) is 0.511. The van der Waals surface area contributed by atoms with E-state index in [0.717, 1.165) is 25.7 Å². The molecule has 1 aliphatic carbocycles. The minimum atomic E-state index is -0.529. The molecule has 76 valence electrons. The number of rotatable bonds is 2. The summed E-state index contributed by atoms with van der Waals surface area (Å²) in [5.41, 5.74) is -0.252. The van der Waals surface area contributed by atoms with Crippen LogP contribution in [-0.2, 0) is 9.53 Å². The van der Waals surface area contributed by atoms with E-state index in [1.165, 1.54) is 6.42 Å². The third kappa shape index (κ3) is 3.18. The molecule has 0 amide bonds. The zero-order valence-electron chi connectivity index (χ0n) is 8.31. The number of ether oxygens (including phenoxy) is 1. The Hall–Kier alpha value is -0.240. The van der Waals surface area contributed by atoms with Crippen LogP contribution in [0.2, 0.25) is 0 Å². The number of hydrogen-bond donors (Lipinski definition) is 0. The minimum absolute atomic E-state index is 0.252. The molecule has 13 heavy (non-hydrogen) atoms. The van der Waals surface area contributed by atoms with Crippen molar-refractivity contribution in [2.45, 2.75) is 56.9 Å². The number of carbonyl (C=O) groups excluding carboxylic acids is 1. The molecule has 0 spiro atoms. The van der Waals surface area contributed by atoms with Gasteiger partial charge in [-0.1, -0.05) is 6.42 Å². The summed E-state index contributed by atoms with van der Waals surface area (Å²) < 4.78 is 5.37. The molecular formula is C10H17ClO2. The van der Waals surface area contributed by atoms with E-state index in [1.54, 1.807) is 6.92 Å². The van der Waals surface area contributed by atoms with Crippen LogP contribution in [0.5, 0.6) is 0 Å². The summed E-state index contributed by atoms with van der Waals surface area (Å²) in [6, 6.07) is 0. The third-order valence-electron chi connectivity index (χ3n) is 2.58. The molecule has 0 bridgehead atoms. The summed E-state index contributed by atoms with van der Waals surface area (Å²) in [7, 11) is 0. The zero-order chi connectivity index (χ0) is 9.90. The van der Waals surface area contributed by atoms with Crippen LogP contribution in [0.3, 0.4) is 0 Å². The monoisotopic (exact) mass is 204 g/mol. The van der Waals surface area contributed by atoms with E-state index < -0.39 is 5.38 Å². The maximum Gasteiger partial charge on any atom is 0.324 e. The van der Waals surface area contributed by atoms with Crippen molar-refractivity contribution >= 4 is 17.6 Å². The predicted octanol–water partition coefficient (Wildman–Crippen LogP) is 2.88. The van der Waals surface area contributed by atoms with Gasteiger partial charge in [0.15, 0.2) is 0 Å². The third-order valence-corrected chi connectivity index (χ3v) is 2.76. The summed E-state index contributed by atoms with van der Waals surface area (Å²) in [6.07, 6.45) is 5.51. The van der Waals surface area contributed by atoms with Crippen LogP contribution in [0.4, 0.5) is 0 Å². The Bertz CT molecular complexity index is 183. The van der Waals surface area contributed by atoms with E-state index in [0.29, 0.717) is 0 Å². The van der Waals surface area contributed by atoms with E-state index >= 15 is 0 Å². The average Bonchev–Trinajstić information content (AvgIpc) is 2.04. The number of hydrogen-bond acceptors (Lipinski definition) is 2. The Morgan fingerprint density at radius 2 is 1.92 bits per heavy atom. The highest BCUT2D eigenvalue weighted by Gasteiger charge is 2.31. The van der Waals surface area contributed by atoms with Crippen LogP contribution < -0.4 is 0 Å². The second kappa shape index (κ2) is 4.32. The fourth-order valence-electron chi connectivity index (χ4n) is 1.73. The van der Waals surface area contributed by atoms with Gasteiger partial charge in [-0.3, -0.25) is 4.79 Å². The van der Waals surface area contributed by atoms with Crippen molar-refractivity contribution in [1.82, 2.24) is 0 Å². The maximum absolute atomic E-state index is 11.3. The number of carbonyl (C=O) groups is 1. The fourth-order valence-corrected chi connectivity index (χ4v) is 1.77. The molecule has 1 fully saturated rings. The molecule has 0 aromatic heterocycles. The van der Waals surface area contributed by atoms with Crippen molar-refractivity contribution in [3.8, 4) is 0 Å². The predicted molar refractivity (Wildman–Crippen MR) is 52.9 cm³/mol. The van der Waals surface area contributed by atoms with E-state index in [9.17, 15) is 4.79 Å². The van der Waals surface area contributed by atoms with Gasteiger partial charge in [-0.05, 0) is 39.5 Å². The molecule has 0 N–H and O–H groups in total. The van der Waals surface area contributed by atoms with Gasteiger partial charge in [-0.2, -0.15) is 0 Å². The number of halogens is 1. The molecule has 0 aliphatic heterocycles. The summed E-state index contributed by atoms with van der Waals surface area (Å²) >= 11 is 5.63. The highest BCUT2D eigenvalue weighted by Crippen LogP contribution is 2.31. The Morgan fingerprint density at radius 3 is 2.38 bits per heavy atom. The van der Waals surface area contributed by atoms with Gasteiger partial charge in [-0.25, -0.2) is 0 Å². The van der Waals surface area contributed by atoms with Crippen molar-refractivity contribution in [1.29, 1.82) is 0 Å². The first-order chi connectivity index (χ1) is 6.03. The highest BCUT2D eigenvalue weighted by molar-refractivity contribution is 6.29. The van der Waals surface area contributed by atoms with Crippen molar-refractivity contribution in [3.05, 3.63) is 0 Å². The van der Waals surface area contributed by atoms with E-state index in [1.807, 2.05) is 6.92 Å². The van der Waals surface area contributed by atoms with Gasteiger partial charge in [0.05, 0.1) is 0 Å². The standard InChI is InChI=1S/C10H17ClO2/c1-8(11)9(12)13-10(2)6-4-3-5-7-10/h8H,3-7H2,1-2H3. The van der Waals surface area contributed by atoms with Gasteiger partial charge in [-0.15, -0.1) is 11.6 Å². The lowest BCUT2D eigenvalue weighted by Gasteiger charge is -2.33. The lowest BCUT2D eigenvalue weighted by molar-refractivity contribution is -0.160. The molecule has 2 nitrogen and oxygen atoms in total. The lowest BCUT2D eigenvalue weighted by Crippen LogP contribution is -2.36. The van der Waals surface area contributed by atoms with Crippen LogP contribution >= 0.6 is 11.6 Å². The molecule has 0 aromatic rings. The minimum Gasteiger partial charge on any atom is -0.458 e. The molecule has 1 atom stereocenters. The van der Waals surface area contributed by atoms with Gasteiger partial charge in [0.25, 0.3) is 0 Å². The van der Waals surface area contributed by atoms with E-state index in [2.05, 4.69) is 0 Å². The van der Waals surface area contributed by atoms with Crippen LogP contribution in [0.1, 0.15) is 46.0 Å². The molecule has 1 unspecified atom stereocenters. The van der Waals surface area contributed by atoms with E-state index in [4.69, 9.17) is 16.3 Å². The SMILES string of the molecule is CC(Cl)C(=O)OC1(C)CCCCC1. The summed E-state index contributed by atoms with van der Waals surface area (Å²) in [5.74, 6) is -0.286. The first kappa shape index (κ1) is 10.8. The number of esters is 1. The van der Waals surface area contributed by atoms with Crippen molar-refractivity contribution in [3.63, 3.8) is 0 Å². The summed E-state index contributed by atoms with van der Waals surface area (Å²) in [4.78, 5) is 11.3. The van der Waals surface area contributed by atoms with Gasteiger partial charge in [0.1, 0.15) is 11.0 Å². The van der Waals surface area contributed by atoms with Crippen LogP contribution in [0, 0.1) is 0 Å². The molecule has 0 saturated heterocycles. The Balaban J connectivity index is 2.45. The zero-order valence-corrected chi connectivity index (χ0v) is 9.06. The molecule has 0 radical (unpaired) electrons. The first-order valence-corrected chi connectivity index (χ1v) is 5.34.